The average molecular weight is 242 g/mol. The van der Waals surface area contributed by atoms with Crippen molar-refractivity contribution in [3.63, 3.8) is 0 Å². The van der Waals surface area contributed by atoms with E-state index in [2.05, 4.69) is 9.47 Å². The molecule has 1 rings (SSSR count). The Kier molecular flexibility index (Phi) is 6.03. The minimum Gasteiger partial charge on any atom is -0.491 e. The predicted octanol–water partition coefficient (Wildman–Crippen LogP) is 1.94. The molecule has 0 radical (unpaired) electrons. The molecule has 0 fully saturated rings. The first kappa shape index (κ1) is 13.4. The second-order valence-corrected chi connectivity index (χ2v) is 3.10. The van der Waals surface area contributed by atoms with Crippen LogP contribution in [0.4, 0.5) is 4.39 Å². The minimum atomic E-state index is -2.05. The molecule has 0 aromatic heterocycles. The van der Waals surface area contributed by atoms with E-state index in [0.29, 0.717) is 5.75 Å². The molecule has 0 aliphatic heterocycles. The number of ether oxygens (including phenoxy) is 3. The maximum atomic E-state index is 13.0. The van der Waals surface area contributed by atoms with Gasteiger partial charge in [-0.2, -0.15) is 0 Å². The first-order valence-electron chi connectivity index (χ1n) is 5.34. The summed E-state index contributed by atoms with van der Waals surface area (Å²) < 4.78 is 27.3. The molecule has 0 amide bonds. The summed E-state index contributed by atoms with van der Waals surface area (Å²) in [6, 6.07) is 9.07. The molecule has 1 atom stereocenters. The summed E-state index contributed by atoms with van der Waals surface area (Å²) in [5.41, 5.74) is 0. The normalized spacial score (nSPS) is 11.9. The van der Waals surface area contributed by atoms with E-state index in [-0.39, 0.29) is 19.8 Å². The molecular formula is C12H15FO4. The van der Waals surface area contributed by atoms with Crippen molar-refractivity contribution in [3.8, 4) is 5.75 Å². The van der Waals surface area contributed by atoms with Gasteiger partial charge in [-0.05, 0) is 19.1 Å². The molecule has 0 heterocycles. The Morgan fingerprint density at radius 2 is 2.00 bits per heavy atom. The Hall–Kier alpha value is -1.62. The molecule has 1 aromatic rings. The number of carbonyl (C=O) groups is 1. The summed E-state index contributed by atoms with van der Waals surface area (Å²) in [6.07, 6.45) is -2.05. The van der Waals surface area contributed by atoms with Crippen LogP contribution in [0.5, 0.6) is 5.75 Å². The summed E-state index contributed by atoms with van der Waals surface area (Å²) >= 11 is 0. The molecule has 5 heteroatoms. The summed E-state index contributed by atoms with van der Waals surface area (Å²) in [6.45, 7) is 1.88. The van der Waals surface area contributed by atoms with E-state index in [0.717, 1.165) is 0 Å². The number of esters is 1. The topological polar surface area (TPSA) is 44.8 Å². The van der Waals surface area contributed by atoms with Crippen LogP contribution in [0.15, 0.2) is 30.3 Å². The summed E-state index contributed by atoms with van der Waals surface area (Å²) in [5, 5.41) is 0. The van der Waals surface area contributed by atoms with E-state index in [1.807, 2.05) is 18.2 Å². The lowest BCUT2D eigenvalue weighted by Crippen LogP contribution is -2.24. The van der Waals surface area contributed by atoms with E-state index >= 15 is 0 Å². The molecule has 0 N–H and O–H groups in total. The fraction of sp³-hybridized carbons (Fsp3) is 0.417. The number of hydrogen-bond acceptors (Lipinski definition) is 4. The summed E-state index contributed by atoms with van der Waals surface area (Å²) in [5.74, 6) is -0.338. The number of alkyl halides is 1. The Labute approximate surface area is 99.3 Å². The standard InChI is InChI=1S/C12H15FO4/c1-2-15-12(14)11(13)17-9-8-16-10-6-4-3-5-7-10/h3-7,11H,2,8-9H2,1H3. The van der Waals surface area contributed by atoms with Crippen molar-refractivity contribution in [1.82, 2.24) is 0 Å². The highest BCUT2D eigenvalue weighted by atomic mass is 19.1. The zero-order chi connectivity index (χ0) is 12.5. The van der Waals surface area contributed by atoms with Crippen molar-refractivity contribution >= 4 is 5.97 Å². The highest BCUT2D eigenvalue weighted by Gasteiger charge is 2.18. The van der Waals surface area contributed by atoms with Crippen molar-refractivity contribution in [2.45, 2.75) is 13.3 Å². The zero-order valence-electron chi connectivity index (χ0n) is 9.60. The average Bonchev–Trinajstić information content (AvgIpc) is 2.36. The van der Waals surface area contributed by atoms with Crippen LogP contribution in [0.2, 0.25) is 0 Å². The quantitative estimate of drug-likeness (QED) is 0.541. The molecular weight excluding hydrogens is 227 g/mol. The molecule has 0 aliphatic carbocycles. The van der Waals surface area contributed by atoms with Crippen LogP contribution in [0, 0.1) is 0 Å². The number of halogens is 1. The van der Waals surface area contributed by atoms with Gasteiger partial charge >= 0.3 is 5.97 Å². The zero-order valence-corrected chi connectivity index (χ0v) is 9.60. The smallest absolute Gasteiger partial charge is 0.368 e. The highest BCUT2D eigenvalue weighted by Crippen LogP contribution is 2.08. The third kappa shape index (κ3) is 5.31. The van der Waals surface area contributed by atoms with Gasteiger partial charge < -0.3 is 14.2 Å². The Bertz CT molecular complexity index is 329. The van der Waals surface area contributed by atoms with Gasteiger partial charge in [-0.25, -0.2) is 9.18 Å². The van der Waals surface area contributed by atoms with Crippen molar-refractivity contribution in [2.24, 2.45) is 0 Å². The first-order valence-corrected chi connectivity index (χ1v) is 5.34. The SMILES string of the molecule is CCOC(=O)C(F)OCCOc1ccccc1. The molecule has 0 spiro atoms. The van der Waals surface area contributed by atoms with Crippen LogP contribution in [0.3, 0.4) is 0 Å². The number of carbonyl (C=O) groups excluding carboxylic acids is 1. The van der Waals surface area contributed by atoms with E-state index in [4.69, 9.17) is 4.74 Å². The van der Waals surface area contributed by atoms with Crippen LogP contribution >= 0.6 is 0 Å². The van der Waals surface area contributed by atoms with Gasteiger partial charge in [0.05, 0.1) is 13.2 Å². The molecule has 0 aliphatic rings. The van der Waals surface area contributed by atoms with Crippen LogP contribution in [-0.2, 0) is 14.3 Å². The lowest BCUT2D eigenvalue weighted by molar-refractivity contribution is -0.170. The second kappa shape index (κ2) is 7.62. The van der Waals surface area contributed by atoms with Gasteiger partial charge in [0, 0.05) is 0 Å². The maximum Gasteiger partial charge on any atom is 0.368 e. The molecule has 0 bridgehead atoms. The monoisotopic (exact) mass is 242 g/mol. The minimum absolute atomic E-state index is 0.0190. The van der Waals surface area contributed by atoms with E-state index in [1.165, 1.54) is 0 Å². The Balaban J connectivity index is 2.14. The van der Waals surface area contributed by atoms with Gasteiger partial charge in [0.25, 0.3) is 6.36 Å². The van der Waals surface area contributed by atoms with Crippen molar-refractivity contribution in [1.29, 1.82) is 0 Å². The molecule has 0 saturated heterocycles. The van der Waals surface area contributed by atoms with Gasteiger partial charge in [0.2, 0.25) is 0 Å². The van der Waals surface area contributed by atoms with Crippen molar-refractivity contribution in [3.05, 3.63) is 30.3 Å². The number of rotatable bonds is 7. The van der Waals surface area contributed by atoms with Crippen LogP contribution < -0.4 is 4.74 Å². The third-order valence-corrected chi connectivity index (χ3v) is 1.83. The molecule has 17 heavy (non-hydrogen) atoms. The lowest BCUT2D eigenvalue weighted by Gasteiger charge is -2.09. The van der Waals surface area contributed by atoms with Gasteiger partial charge in [-0.15, -0.1) is 0 Å². The summed E-state index contributed by atoms with van der Waals surface area (Å²) in [7, 11) is 0. The maximum absolute atomic E-state index is 13.0. The van der Waals surface area contributed by atoms with Crippen LogP contribution in [0.25, 0.3) is 0 Å². The molecule has 4 nitrogen and oxygen atoms in total. The fourth-order valence-corrected chi connectivity index (χ4v) is 1.10. The Morgan fingerprint density at radius 3 is 2.65 bits per heavy atom. The third-order valence-electron chi connectivity index (χ3n) is 1.83. The van der Waals surface area contributed by atoms with Crippen LogP contribution in [0.1, 0.15) is 6.92 Å². The summed E-state index contributed by atoms with van der Waals surface area (Å²) in [4.78, 5) is 10.8. The number of hydrogen-bond donors (Lipinski definition) is 0. The van der Waals surface area contributed by atoms with Crippen molar-refractivity contribution in [2.75, 3.05) is 19.8 Å². The molecule has 0 saturated carbocycles. The molecule has 94 valence electrons. The largest absolute Gasteiger partial charge is 0.491 e. The van der Waals surface area contributed by atoms with Gasteiger partial charge in [-0.1, -0.05) is 18.2 Å². The van der Waals surface area contributed by atoms with E-state index < -0.39 is 12.3 Å². The highest BCUT2D eigenvalue weighted by molar-refractivity contribution is 5.72. The van der Waals surface area contributed by atoms with Gasteiger partial charge in [0.15, 0.2) is 0 Å². The van der Waals surface area contributed by atoms with Gasteiger partial charge in [0.1, 0.15) is 12.4 Å². The number of benzene rings is 1. The fourth-order valence-electron chi connectivity index (χ4n) is 1.10. The Morgan fingerprint density at radius 1 is 1.29 bits per heavy atom. The van der Waals surface area contributed by atoms with E-state index in [1.54, 1.807) is 19.1 Å². The lowest BCUT2D eigenvalue weighted by atomic mass is 10.3. The number of para-hydroxylation sites is 1. The first-order chi connectivity index (χ1) is 8.24. The molecule has 1 aromatic carbocycles. The predicted molar refractivity (Wildman–Crippen MR) is 59.4 cm³/mol. The van der Waals surface area contributed by atoms with Gasteiger partial charge in [-0.3, -0.25) is 0 Å². The second-order valence-electron chi connectivity index (χ2n) is 3.10. The molecule has 1 unspecified atom stereocenters. The van der Waals surface area contributed by atoms with Crippen LogP contribution in [-0.4, -0.2) is 32.1 Å². The van der Waals surface area contributed by atoms with Crippen molar-refractivity contribution < 1.29 is 23.4 Å². The van der Waals surface area contributed by atoms with E-state index in [9.17, 15) is 9.18 Å².